The van der Waals surface area contributed by atoms with Crippen LogP contribution in [0.15, 0.2) is 18.5 Å². The first-order valence-electron chi connectivity index (χ1n) is 7.16. The lowest BCUT2D eigenvalue weighted by Gasteiger charge is -2.23. The van der Waals surface area contributed by atoms with E-state index in [4.69, 9.17) is 4.74 Å². The van der Waals surface area contributed by atoms with Crippen LogP contribution >= 0.6 is 0 Å². The van der Waals surface area contributed by atoms with Gasteiger partial charge in [-0.2, -0.15) is 18.9 Å². The normalized spacial score (nSPS) is 15.6. The van der Waals surface area contributed by atoms with E-state index in [0.717, 1.165) is 25.9 Å². The SMILES string of the molecule is FC(F)Oc1cc(Nc2cncc(OC3CCNCC3)n2)n[nH]1. The molecule has 1 saturated heterocycles. The van der Waals surface area contributed by atoms with E-state index in [2.05, 4.69) is 35.5 Å². The van der Waals surface area contributed by atoms with Gasteiger partial charge in [0.1, 0.15) is 6.10 Å². The number of ether oxygens (including phenoxy) is 2. The van der Waals surface area contributed by atoms with Crippen LogP contribution in [0.25, 0.3) is 0 Å². The molecule has 0 unspecified atom stereocenters. The Morgan fingerprint density at radius 1 is 1.22 bits per heavy atom. The second-order valence-electron chi connectivity index (χ2n) is 4.93. The molecule has 0 aliphatic carbocycles. The summed E-state index contributed by atoms with van der Waals surface area (Å²) in [6.45, 7) is -1.09. The quantitative estimate of drug-likeness (QED) is 0.743. The van der Waals surface area contributed by atoms with Crippen LogP contribution < -0.4 is 20.1 Å². The fraction of sp³-hybridized carbons (Fsp3) is 0.462. The summed E-state index contributed by atoms with van der Waals surface area (Å²) in [7, 11) is 0. The van der Waals surface area contributed by atoms with Gasteiger partial charge in [-0.3, -0.25) is 4.98 Å². The highest BCUT2D eigenvalue weighted by Crippen LogP contribution is 2.20. The van der Waals surface area contributed by atoms with E-state index in [1.165, 1.54) is 18.5 Å². The minimum absolute atomic E-state index is 0.109. The van der Waals surface area contributed by atoms with Crippen molar-refractivity contribution in [1.82, 2.24) is 25.5 Å². The second kappa shape index (κ2) is 7.18. The summed E-state index contributed by atoms with van der Waals surface area (Å²) >= 11 is 0. The molecule has 3 N–H and O–H groups in total. The van der Waals surface area contributed by atoms with Crippen LogP contribution in [0.1, 0.15) is 12.8 Å². The van der Waals surface area contributed by atoms with Crippen molar-refractivity contribution in [2.24, 2.45) is 0 Å². The highest BCUT2D eigenvalue weighted by atomic mass is 19.3. The predicted octanol–water partition coefficient (Wildman–Crippen LogP) is 1.68. The molecule has 0 aromatic carbocycles. The number of halogens is 2. The Morgan fingerprint density at radius 2 is 2.04 bits per heavy atom. The molecular formula is C13H16F2N6O2. The van der Waals surface area contributed by atoms with E-state index in [1.54, 1.807) is 0 Å². The number of piperidine rings is 1. The monoisotopic (exact) mass is 326 g/mol. The summed E-state index contributed by atoms with van der Waals surface area (Å²) in [6, 6.07) is 1.30. The number of rotatable bonds is 6. The summed E-state index contributed by atoms with van der Waals surface area (Å²) in [5, 5.41) is 12.2. The average Bonchev–Trinajstić information content (AvgIpc) is 2.95. The number of alkyl halides is 2. The molecule has 0 spiro atoms. The standard InChI is InChI=1S/C13H16F2N6O2/c14-13(15)23-11-5-9(20-21-11)18-10-6-17-7-12(19-10)22-8-1-3-16-4-2-8/h5-8,13,16H,1-4H2,(H2,18,19,20,21). The van der Waals surface area contributed by atoms with E-state index >= 15 is 0 Å². The zero-order valence-electron chi connectivity index (χ0n) is 12.1. The van der Waals surface area contributed by atoms with Gasteiger partial charge in [-0.05, 0) is 25.9 Å². The summed E-state index contributed by atoms with van der Waals surface area (Å²) in [6.07, 6.45) is 4.94. The Kier molecular flexibility index (Phi) is 4.81. The molecule has 2 aromatic heterocycles. The lowest BCUT2D eigenvalue weighted by Crippen LogP contribution is -2.34. The van der Waals surface area contributed by atoms with Crippen LogP contribution in [-0.4, -0.2) is 46.0 Å². The van der Waals surface area contributed by atoms with E-state index in [9.17, 15) is 8.78 Å². The van der Waals surface area contributed by atoms with E-state index < -0.39 is 6.61 Å². The molecule has 10 heteroatoms. The highest BCUT2D eigenvalue weighted by molar-refractivity contribution is 5.51. The largest absolute Gasteiger partial charge is 0.473 e. The molecule has 3 heterocycles. The number of aromatic nitrogens is 4. The number of aromatic amines is 1. The maximum absolute atomic E-state index is 12.1. The summed E-state index contributed by atoms with van der Waals surface area (Å²) in [5.41, 5.74) is 0. The third kappa shape index (κ3) is 4.49. The van der Waals surface area contributed by atoms with Crippen LogP contribution in [0.2, 0.25) is 0 Å². The minimum Gasteiger partial charge on any atom is -0.473 e. The zero-order valence-corrected chi connectivity index (χ0v) is 12.1. The van der Waals surface area contributed by atoms with Gasteiger partial charge in [-0.25, -0.2) is 5.10 Å². The van der Waals surface area contributed by atoms with Gasteiger partial charge in [-0.1, -0.05) is 0 Å². The fourth-order valence-electron chi connectivity index (χ4n) is 2.20. The Bertz CT molecular complexity index is 632. The van der Waals surface area contributed by atoms with E-state index in [0.29, 0.717) is 11.7 Å². The van der Waals surface area contributed by atoms with Gasteiger partial charge in [0.05, 0.1) is 12.4 Å². The summed E-state index contributed by atoms with van der Waals surface area (Å²) in [5.74, 6) is 0.944. The average molecular weight is 326 g/mol. The van der Waals surface area contributed by atoms with Crippen molar-refractivity contribution in [2.75, 3.05) is 18.4 Å². The predicted molar refractivity (Wildman–Crippen MR) is 77.1 cm³/mol. The van der Waals surface area contributed by atoms with Crippen molar-refractivity contribution < 1.29 is 18.3 Å². The Labute approximate surface area is 130 Å². The van der Waals surface area contributed by atoms with Gasteiger partial charge >= 0.3 is 6.61 Å². The molecule has 2 aromatic rings. The van der Waals surface area contributed by atoms with Crippen LogP contribution in [0, 0.1) is 0 Å². The molecule has 3 rings (SSSR count). The van der Waals surface area contributed by atoms with Gasteiger partial charge in [0, 0.05) is 6.07 Å². The number of nitrogens with one attached hydrogen (secondary N) is 3. The van der Waals surface area contributed by atoms with Crippen LogP contribution in [-0.2, 0) is 0 Å². The molecule has 8 nitrogen and oxygen atoms in total. The molecule has 0 amide bonds. The first-order valence-corrected chi connectivity index (χ1v) is 7.16. The topological polar surface area (TPSA) is 97.0 Å². The van der Waals surface area contributed by atoms with Crippen molar-refractivity contribution in [2.45, 2.75) is 25.6 Å². The van der Waals surface area contributed by atoms with Crippen LogP contribution in [0.5, 0.6) is 11.8 Å². The Hall–Kier alpha value is -2.49. The minimum atomic E-state index is -2.91. The lowest BCUT2D eigenvalue weighted by molar-refractivity contribution is -0.0528. The molecular weight excluding hydrogens is 310 g/mol. The third-order valence-corrected chi connectivity index (χ3v) is 3.21. The van der Waals surface area contributed by atoms with Crippen molar-refractivity contribution in [1.29, 1.82) is 0 Å². The van der Waals surface area contributed by atoms with Gasteiger partial charge in [0.15, 0.2) is 11.6 Å². The molecule has 1 fully saturated rings. The molecule has 0 radical (unpaired) electrons. The molecule has 1 aliphatic rings. The fourth-order valence-corrected chi connectivity index (χ4v) is 2.20. The maximum atomic E-state index is 12.1. The van der Waals surface area contributed by atoms with Crippen LogP contribution in [0.3, 0.4) is 0 Å². The summed E-state index contributed by atoms with van der Waals surface area (Å²) in [4.78, 5) is 8.32. The van der Waals surface area contributed by atoms with Gasteiger partial charge in [0.25, 0.3) is 0 Å². The molecule has 23 heavy (non-hydrogen) atoms. The smallest absolute Gasteiger partial charge is 0.388 e. The van der Waals surface area contributed by atoms with Crippen molar-refractivity contribution in [3.8, 4) is 11.8 Å². The van der Waals surface area contributed by atoms with Crippen LogP contribution in [0.4, 0.5) is 20.4 Å². The third-order valence-electron chi connectivity index (χ3n) is 3.21. The lowest BCUT2D eigenvalue weighted by atomic mass is 10.1. The Morgan fingerprint density at radius 3 is 2.83 bits per heavy atom. The van der Waals surface area contributed by atoms with Gasteiger partial charge < -0.3 is 20.1 Å². The summed E-state index contributed by atoms with van der Waals surface area (Å²) < 4.78 is 34.2. The van der Waals surface area contributed by atoms with E-state index in [1.807, 2.05) is 0 Å². The number of H-pyrrole nitrogens is 1. The van der Waals surface area contributed by atoms with Gasteiger partial charge in [0.2, 0.25) is 11.8 Å². The highest BCUT2D eigenvalue weighted by Gasteiger charge is 2.15. The number of hydrogen-bond donors (Lipinski definition) is 3. The first-order chi connectivity index (χ1) is 11.2. The Balaban J connectivity index is 1.61. The number of hydrogen-bond acceptors (Lipinski definition) is 7. The second-order valence-corrected chi connectivity index (χ2v) is 4.93. The molecule has 0 saturated carbocycles. The van der Waals surface area contributed by atoms with Gasteiger partial charge in [-0.15, -0.1) is 0 Å². The molecule has 124 valence electrons. The number of nitrogens with zero attached hydrogens (tertiary/aromatic N) is 3. The first kappa shape index (κ1) is 15.4. The molecule has 0 bridgehead atoms. The van der Waals surface area contributed by atoms with E-state index in [-0.39, 0.29) is 17.8 Å². The maximum Gasteiger partial charge on any atom is 0.388 e. The molecule has 0 atom stereocenters. The van der Waals surface area contributed by atoms with Crippen molar-refractivity contribution in [3.05, 3.63) is 18.5 Å². The number of anilines is 2. The van der Waals surface area contributed by atoms with Crippen molar-refractivity contribution >= 4 is 11.6 Å². The molecule has 1 aliphatic heterocycles. The zero-order chi connectivity index (χ0) is 16.1. The van der Waals surface area contributed by atoms with Crippen molar-refractivity contribution in [3.63, 3.8) is 0 Å².